The summed E-state index contributed by atoms with van der Waals surface area (Å²) in [5.41, 5.74) is 1.73. The topological polar surface area (TPSA) is 12.0 Å². The van der Waals surface area contributed by atoms with Crippen molar-refractivity contribution in [3.8, 4) is 10.4 Å². The van der Waals surface area contributed by atoms with Gasteiger partial charge in [0.25, 0.3) is 0 Å². The molecule has 0 saturated heterocycles. The summed E-state index contributed by atoms with van der Waals surface area (Å²) in [5, 5.41) is 3.28. The Bertz CT molecular complexity index is 539. The minimum absolute atomic E-state index is 0.489. The van der Waals surface area contributed by atoms with E-state index >= 15 is 0 Å². The number of rotatable bonds is 1. The summed E-state index contributed by atoms with van der Waals surface area (Å²) in [7, 11) is 0. The molecule has 0 spiro atoms. The van der Waals surface area contributed by atoms with Gasteiger partial charge < -0.3 is 5.32 Å². The second kappa shape index (κ2) is 4.20. The third-order valence-electron chi connectivity index (χ3n) is 2.94. The number of thiophene rings is 1. The van der Waals surface area contributed by atoms with E-state index in [-0.39, 0.29) is 0 Å². The van der Waals surface area contributed by atoms with Gasteiger partial charge in [0.2, 0.25) is 0 Å². The molecule has 1 aromatic heterocycles. The highest BCUT2D eigenvalue weighted by Crippen LogP contribution is 2.34. The Morgan fingerprint density at radius 2 is 2.06 bits per heavy atom. The monoisotopic (exact) mass is 251 g/mol. The Morgan fingerprint density at radius 3 is 2.82 bits per heavy atom. The summed E-state index contributed by atoms with van der Waals surface area (Å²) in [6.07, 6.45) is 0.989. The second-order valence-electron chi connectivity index (χ2n) is 4.11. The van der Waals surface area contributed by atoms with Crippen LogP contribution in [0.4, 0.5) is 8.78 Å². The third kappa shape index (κ3) is 1.98. The maximum absolute atomic E-state index is 13.7. The summed E-state index contributed by atoms with van der Waals surface area (Å²) in [6, 6.07) is 5.75. The summed E-state index contributed by atoms with van der Waals surface area (Å²) < 4.78 is 26.5. The maximum atomic E-state index is 13.7. The largest absolute Gasteiger partial charge is 0.312 e. The number of hydrogen-bond acceptors (Lipinski definition) is 2. The van der Waals surface area contributed by atoms with E-state index in [1.54, 1.807) is 11.3 Å². The average molecular weight is 251 g/mol. The van der Waals surface area contributed by atoms with E-state index < -0.39 is 11.6 Å². The Hall–Kier alpha value is -1.26. The molecule has 0 saturated carbocycles. The summed E-state index contributed by atoms with van der Waals surface area (Å²) in [4.78, 5) is 2.19. The molecule has 0 aliphatic carbocycles. The van der Waals surface area contributed by atoms with Crippen LogP contribution in [-0.2, 0) is 13.0 Å². The van der Waals surface area contributed by atoms with E-state index in [4.69, 9.17) is 0 Å². The molecule has 0 amide bonds. The summed E-state index contributed by atoms with van der Waals surface area (Å²) in [5.74, 6) is -1.02. The highest BCUT2D eigenvalue weighted by atomic mass is 32.1. The van der Waals surface area contributed by atoms with Crippen LogP contribution in [0.1, 0.15) is 10.4 Å². The van der Waals surface area contributed by atoms with E-state index in [0.29, 0.717) is 5.56 Å². The molecule has 0 unspecified atom stereocenters. The van der Waals surface area contributed by atoms with Crippen LogP contribution in [0, 0.1) is 11.6 Å². The predicted octanol–water partition coefficient (Wildman–Crippen LogP) is 3.34. The maximum Gasteiger partial charge on any atom is 0.134 e. The first-order valence-electron chi connectivity index (χ1n) is 5.52. The standard InChI is InChI=1S/C13H11F2NS/c14-9-1-2-10(11(15)6-9)13-5-8-7-16-4-3-12(8)17-13/h1-2,5-6,16H,3-4,7H2. The molecular weight excluding hydrogens is 240 g/mol. The fraction of sp³-hybridized carbons (Fsp3) is 0.231. The Balaban J connectivity index is 2.06. The fourth-order valence-corrected chi connectivity index (χ4v) is 3.28. The van der Waals surface area contributed by atoms with Crippen molar-refractivity contribution in [2.45, 2.75) is 13.0 Å². The molecule has 0 bridgehead atoms. The Morgan fingerprint density at radius 1 is 1.18 bits per heavy atom. The van der Waals surface area contributed by atoms with Gasteiger partial charge in [0.15, 0.2) is 0 Å². The molecule has 1 aliphatic heterocycles. The lowest BCUT2D eigenvalue weighted by molar-refractivity contribution is 0.586. The van der Waals surface area contributed by atoms with E-state index in [1.807, 2.05) is 6.07 Å². The predicted molar refractivity (Wildman–Crippen MR) is 65.1 cm³/mol. The highest BCUT2D eigenvalue weighted by molar-refractivity contribution is 7.15. The minimum atomic E-state index is -0.533. The molecule has 1 aliphatic rings. The number of halogens is 2. The first-order valence-corrected chi connectivity index (χ1v) is 6.33. The van der Waals surface area contributed by atoms with Gasteiger partial charge in [0, 0.05) is 34.5 Å². The van der Waals surface area contributed by atoms with Crippen LogP contribution in [-0.4, -0.2) is 6.54 Å². The van der Waals surface area contributed by atoms with Gasteiger partial charge in [0.05, 0.1) is 0 Å². The van der Waals surface area contributed by atoms with Crippen molar-refractivity contribution in [2.75, 3.05) is 6.54 Å². The van der Waals surface area contributed by atoms with Gasteiger partial charge in [-0.15, -0.1) is 11.3 Å². The van der Waals surface area contributed by atoms with Gasteiger partial charge in [-0.2, -0.15) is 0 Å². The highest BCUT2D eigenvalue weighted by Gasteiger charge is 2.15. The first-order chi connectivity index (χ1) is 8.24. The van der Waals surface area contributed by atoms with Crippen LogP contribution in [0.15, 0.2) is 24.3 Å². The third-order valence-corrected chi connectivity index (χ3v) is 4.21. The molecule has 1 nitrogen and oxygen atoms in total. The summed E-state index contributed by atoms with van der Waals surface area (Å²) in [6.45, 7) is 1.81. The van der Waals surface area contributed by atoms with Crippen molar-refractivity contribution in [2.24, 2.45) is 0 Å². The second-order valence-corrected chi connectivity index (χ2v) is 5.25. The van der Waals surface area contributed by atoms with Gasteiger partial charge >= 0.3 is 0 Å². The van der Waals surface area contributed by atoms with Crippen LogP contribution >= 0.6 is 11.3 Å². The van der Waals surface area contributed by atoms with Gasteiger partial charge in [0.1, 0.15) is 11.6 Å². The van der Waals surface area contributed by atoms with Gasteiger partial charge in [-0.25, -0.2) is 8.78 Å². The smallest absolute Gasteiger partial charge is 0.134 e. The molecule has 0 atom stereocenters. The molecular formula is C13H11F2NS. The lowest BCUT2D eigenvalue weighted by atomic mass is 10.1. The molecule has 4 heteroatoms. The van der Waals surface area contributed by atoms with E-state index in [9.17, 15) is 8.78 Å². The zero-order chi connectivity index (χ0) is 11.8. The van der Waals surface area contributed by atoms with E-state index in [0.717, 1.165) is 30.5 Å². The molecule has 1 aromatic carbocycles. The number of benzene rings is 1. The van der Waals surface area contributed by atoms with Crippen LogP contribution in [0.25, 0.3) is 10.4 Å². The normalized spacial score (nSPS) is 14.7. The van der Waals surface area contributed by atoms with Crippen molar-refractivity contribution in [1.29, 1.82) is 0 Å². The van der Waals surface area contributed by atoms with Crippen molar-refractivity contribution in [1.82, 2.24) is 5.32 Å². The number of nitrogens with one attached hydrogen (secondary N) is 1. The molecule has 0 radical (unpaired) electrons. The van der Waals surface area contributed by atoms with Crippen LogP contribution in [0.3, 0.4) is 0 Å². The minimum Gasteiger partial charge on any atom is -0.312 e. The number of fused-ring (bicyclic) bond motifs is 1. The molecule has 2 heterocycles. The molecule has 2 aromatic rings. The van der Waals surface area contributed by atoms with E-state index in [2.05, 4.69) is 5.32 Å². The zero-order valence-corrected chi connectivity index (χ0v) is 9.91. The molecule has 3 rings (SSSR count). The van der Waals surface area contributed by atoms with Gasteiger partial charge in [-0.1, -0.05) is 0 Å². The van der Waals surface area contributed by atoms with Crippen molar-refractivity contribution in [3.05, 3.63) is 46.3 Å². The SMILES string of the molecule is Fc1ccc(-c2cc3c(s2)CCNC3)c(F)c1. The molecule has 1 N–H and O–H groups in total. The fourth-order valence-electron chi connectivity index (χ4n) is 2.07. The quantitative estimate of drug-likeness (QED) is 0.819. The van der Waals surface area contributed by atoms with Gasteiger partial charge in [-0.05, 0) is 30.2 Å². The Labute approximate surface area is 102 Å². The summed E-state index contributed by atoms with van der Waals surface area (Å²) >= 11 is 1.61. The average Bonchev–Trinajstić information content (AvgIpc) is 2.72. The van der Waals surface area contributed by atoms with Crippen LogP contribution < -0.4 is 5.32 Å². The zero-order valence-electron chi connectivity index (χ0n) is 9.09. The Kier molecular flexibility index (Phi) is 2.68. The van der Waals surface area contributed by atoms with Crippen LogP contribution in [0.5, 0.6) is 0 Å². The van der Waals surface area contributed by atoms with Crippen molar-refractivity contribution < 1.29 is 8.78 Å². The van der Waals surface area contributed by atoms with Crippen molar-refractivity contribution >= 4 is 11.3 Å². The van der Waals surface area contributed by atoms with E-state index in [1.165, 1.54) is 22.6 Å². The first kappa shape index (κ1) is 10.9. The van der Waals surface area contributed by atoms with Gasteiger partial charge in [-0.3, -0.25) is 0 Å². The molecule has 88 valence electrons. The molecule has 17 heavy (non-hydrogen) atoms. The van der Waals surface area contributed by atoms with Crippen molar-refractivity contribution in [3.63, 3.8) is 0 Å². The lowest BCUT2D eigenvalue weighted by Gasteiger charge is -2.10. The number of hydrogen-bond donors (Lipinski definition) is 1. The lowest BCUT2D eigenvalue weighted by Crippen LogP contribution is -2.21. The van der Waals surface area contributed by atoms with Crippen LogP contribution in [0.2, 0.25) is 0 Å². The molecule has 0 fully saturated rings.